The molecule has 6 heteroatoms. The topological polar surface area (TPSA) is 62.8 Å². The lowest BCUT2D eigenvalue weighted by molar-refractivity contribution is 0.0949. The molecule has 0 radical (unpaired) electrons. The number of piperidine rings is 1. The Morgan fingerprint density at radius 2 is 1.76 bits per heavy atom. The minimum atomic E-state index is -0.0770. The number of carbonyl (C=O) groups is 1. The van der Waals surface area contributed by atoms with E-state index >= 15 is 0 Å². The summed E-state index contributed by atoms with van der Waals surface area (Å²) in [5, 5.41) is 6.53. The lowest BCUT2D eigenvalue weighted by Crippen LogP contribution is -2.29. The molecule has 2 heterocycles. The fourth-order valence-corrected chi connectivity index (χ4v) is 5.06. The maximum absolute atomic E-state index is 13.1. The molecule has 2 bridgehead atoms. The molecule has 5 rings (SSSR count). The summed E-state index contributed by atoms with van der Waals surface area (Å²) in [4.78, 5) is 15.6. The summed E-state index contributed by atoms with van der Waals surface area (Å²) < 4.78 is 11.7. The predicted octanol–water partition coefficient (Wildman–Crippen LogP) is 4.70. The van der Waals surface area contributed by atoms with Gasteiger partial charge in [0.1, 0.15) is 12.4 Å². The van der Waals surface area contributed by atoms with Gasteiger partial charge in [0.2, 0.25) is 0 Å². The molecule has 0 atom stereocenters. The number of benzene rings is 3. The number of ether oxygens (including phenoxy) is 2. The Morgan fingerprint density at radius 3 is 2.68 bits per heavy atom. The first-order chi connectivity index (χ1) is 18.2. The third kappa shape index (κ3) is 7.12. The Labute approximate surface area is 220 Å². The van der Waals surface area contributed by atoms with E-state index < -0.39 is 0 Å². The van der Waals surface area contributed by atoms with Gasteiger partial charge in [0.25, 0.3) is 5.91 Å². The normalized spacial score (nSPS) is 16.7. The third-order valence-corrected chi connectivity index (χ3v) is 7.03. The zero-order valence-electron chi connectivity index (χ0n) is 21.5. The quantitative estimate of drug-likeness (QED) is 0.545. The number of fused-ring (bicyclic) bond motifs is 3. The average molecular weight is 500 g/mol. The van der Waals surface area contributed by atoms with Gasteiger partial charge in [-0.15, -0.1) is 0 Å². The van der Waals surface area contributed by atoms with Gasteiger partial charge in [0.15, 0.2) is 0 Å². The van der Waals surface area contributed by atoms with Crippen molar-refractivity contribution < 1.29 is 14.3 Å². The standard InChI is InChI=1S/C31H37N3O3/c35-31(33-23-26-8-5-9-29(20-26)34-13-2-1-3-14-34)27-10-11-30-28(21-27)19-24-6-4-7-25(18-24)22-32-12-15-36-16-17-37-30/h4-11,18,20-21,32H,1-3,12-17,19,22-23H2,(H,33,35). The molecule has 2 aliphatic rings. The highest BCUT2D eigenvalue weighted by molar-refractivity contribution is 5.94. The summed E-state index contributed by atoms with van der Waals surface area (Å²) in [7, 11) is 0. The van der Waals surface area contributed by atoms with Gasteiger partial charge in [-0.2, -0.15) is 0 Å². The van der Waals surface area contributed by atoms with E-state index in [1.54, 1.807) is 0 Å². The largest absolute Gasteiger partial charge is 0.491 e. The molecule has 3 aromatic carbocycles. The van der Waals surface area contributed by atoms with Crippen LogP contribution >= 0.6 is 0 Å². The second-order valence-electron chi connectivity index (χ2n) is 9.86. The highest BCUT2D eigenvalue weighted by Crippen LogP contribution is 2.25. The average Bonchev–Trinajstić information content (AvgIpc) is 2.94. The molecule has 6 nitrogen and oxygen atoms in total. The van der Waals surface area contributed by atoms with Crippen molar-refractivity contribution in [1.82, 2.24) is 10.6 Å². The van der Waals surface area contributed by atoms with E-state index in [2.05, 4.69) is 64.1 Å². The van der Waals surface area contributed by atoms with Crippen LogP contribution in [0.2, 0.25) is 0 Å². The number of hydrogen-bond donors (Lipinski definition) is 2. The minimum absolute atomic E-state index is 0.0770. The van der Waals surface area contributed by atoms with Gasteiger partial charge >= 0.3 is 0 Å². The van der Waals surface area contributed by atoms with Crippen LogP contribution in [0.5, 0.6) is 5.75 Å². The third-order valence-electron chi connectivity index (χ3n) is 7.03. The Hall–Kier alpha value is -3.35. The highest BCUT2D eigenvalue weighted by atomic mass is 16.5. The lowest BCUT2D eigenvalue weighted by Gasteiger charge is -2.29. The molecule has 3 aromatic rings. The van der Waals surface area contributed by atoms with Crippen LogP contribution in [0.1, 0.15) is 51.9 Å². The van der Waals surface area contributed by atoms with Crippen LogP contribution in [0.4, 0.5) is 5.69 Å². The fraction of sp³-hybridized carbons (Fsp3) is 0.387. The molecule has 1 saturated heterocycles. The summed E-state index contributed by atoms with van der Waals surface area (Å²) in [6.07, 6.45) is 4.51. The molecule has 0 saturated carbocycles. The van der Waals surface area contributed by atoms with Crippen LogP contribution in [0.3, 0.4) is 0 Å². The number of anilines is 1. The van der Waals surface area contributed by atoms with Crippen molar-refractivity contribution in [3.05, 3.63) is 94.5 Å². The molecule has 0 unspecified atom stereocenters. The number of hydrogen-bond acceptors (Lipinski definition) is 5. The van der Waals surface area contributed by atoms with Crippen molar-refractivity contribution in [2.45, 2.75) is 38.8 Å². The molecule has 2 N–H and O–H groups in total. The Kier molecular flexibility index (Phi) is 8.72. The maximum atomic E-state index is 13.1. The molecule has 0 aromatic heterocycles. The minimum Gasteiger partial charge on any atom is -0.491 e. The van der Waals surface area contributed by atoms with E-state index in [-0.39, 0.29) is 5.91 Å². The van der Waals surface area contributed by atoms with Crippen LogP contribution in [0.25, 0.3) is 0 Å². The molecule has 0 spiro atoms. The van der Waals surface area contributed by atoms with Crippen molar-refractivity contribution in [2.24, 2.45) is 0 Å². The molecule has 1 amide bonds. The molecule has 194 valence electrons. The van der Waals surface area contributed by atoms with Gasteiger partial charge in [0.05, 0.1) is 13.2 Å². The fourth-order valence-electron chi connectivity index (χ4n) is 5.06. The smallest absolute Gasteiger partial charge is 0.251 e. The Bertz CT molecular complexity index is 1190. The Balaban J connectivity index is 1.29. The first kappa shape index (κ1) is 25.3. The number of rotatable bonds is 4. The number of amides is 1. The van der Waals surface area contributed by atoms with E-state index in [9.17, 15) is 4.79 Å². The Morgan fingerprint density at radius 1 is 0.892 bits per heavy atom. The number of nitrogens with zero attached hydrogens (tertiary/aromatic N) is 1. The van der Waals surface area contributed by atoms with Crippen LogP contribution in [0.15, 0.2) is 66.7 Å². The zero-order valence-corrected chi connectivity index (χ0v) is 21.5. The SMILES string of the molecule is O=C(NCc1cccc(N2CCCCC2)c1)c1ccc2c(c1)Cc1cccc(c1)CNCCOCCO2. The molecule has 1 fully saturated rings. The van der Waals surface area contributed by atoms with E-state index in [1.165, 1.54) is 36.1 Å². The first-order valence-electron chi connectivity index (χ1n) is 13.5. The van der Waals surface area contributed by atoms with Crippen molar-refractivity contribution >= 4 is 11.6 Å². The monoisotopic (exact) mass is 499 g/mol. The summed E-state index contributed by atoms with van der Waals surface area (Å²) in [6.45, 7) is 5.99. The highest BCUT2D eigenvalue weighted by Gasteiger charge is 2.14. The van der Waals surface area contributed by atoms with Gasteiger partial charge in [0, 0.05) is 50.4 Å². The van der Waals surface area contributed by atoms with Crippen LogP contribution in [-0.2, 0) is 24.2 Å². The van der Waals surface area contributed by atoms with Crippen molar-refractivity contribution in [2.75, 3.05) is 44.4 Å². The van der Waals surface area contributed by atoms with Gasteiger partial charge in [-0.05, 0) is 71.8 Å². The predicted molar refractivity (Wildman–Crippen MR) is 147 cm³/mol. The second kappa shape index (κ2) is 12.7. The maximum Gasteiger partial charge on any atom is 0.251 e. The molecule has 0 aliphatic carbocycles. The van der Waals surface area contributed by atoms with Crippen LogP contribution < -0.4 is 20.3 Å². The number of carbonyl (C=O) groups excluding carboxylic acids is 1. The van der Waals surface area contributed by atoms with Gasteiger partial charge < -0.3 is 25.0 Å². The molecule has 37 heavy (non-hydrogen) atoms. The van der Waals surface area contributed by atoms with Crippen LogP contribution in [0, 0.1) is 0 Å². The van der Waals surface area contributed by atoms with E-state index in [4.69, 9.17) is 9.47 Å². The summed E-state index contributed by atoms with van der Waals surface area (Å²) in [6, 6.07) is 22.8. The molecular weight excluding hydrogens is 462 g/mol. The van der Waals surface area contributed by atoms with E-state index in [1.807, 2.05) is 18.2 Å². The number of nitrogens with one attached hydrogen (secondary N) is 2. The van der Waals surface area contributed by atoms with Gasteiger partial charge in [-0.3, -0.25) is 4.79 Å². The van der Waals surface area contributed by atoms with Gasteiger partial charge in [-0.25, -0.2) is 0 Å². The summed E-state index contributed by atoms with van der Waals surface area (Å²) in [5.74, 6) is 0.724. The van der Waals surface area contributed by atoms with Crippen molar-refractivity contribution in [1.29, 1.82) is 0 Å². The zero-order chi connectivity index (χ0) is 25.3. The lowest BCUT2D eigenvalue weighted by atomic mass is 9.99. The van der Waals surface area contributed by atoms with Gasteiger partial charge in [-0.1, -0.05) is 36.4 Å². The molecular formula is C31H37N3O3. The molecule has 2 aliphatic heterocycles. The first-order valence-corrected chi connectivity index (χ1v) is 13.5. The van der Waals surface area contributed by atoms with Crippen LogP contribution in [-0.4, -0.2) is 45.4 Å². The van der Waals surface area contributed by atoms with Crippen molar-refractivity contribution in [3.8, 4) is 5.75 Å². The summed E-state index contributed by atoms with van der Waals surface area (Å²) in [5.41, 5.74) is 6.44. The van der Waals surface area contributed by atoms with Crippen molar-refractivity contribution in [3.63, 3.8) is 0 Å². The van der Waals surface area contributed by atoms with E-state index in [0.29, 0.717) is 38.3 Å². The summed E-state index contributed by atoms with van der Waals surface area (Å²) >= 11 is 0. The second-order valence-corrected chi connectivity index (χ2v) is 9.86. The van der Waals surface area contributed by atoms with E-state index in [0.717, 1.165) is 43.1 Å².